The van der Waals surface area contributed by atoms with E-state index in [0.717, 1.165) is 11.1 Å². The number of methoxy groups -OCH3 is 2. The third kappa shape index (κ3) is 4.92. The number of fused-ring (bicyclic) bond motifs is 5. The molecule has 6 rings (SSSR count). The summed E-state index contributed by atoms with van der Waals surface area (Å²) in [5.74, 6) is 2.29. The van der Waals surface area contributed by atoms with Gasteiger partial charge in [0.25, 0.3) is 0 Å². The van der Waals surface area contributed by atoms with Crippen LogP contribution in [0.25, 0.3) is 0 Å². The molecular weight excluding hydrogens is 560 g/mol. The second kappa shape index (κ2) is 11.6. The minimum atomic E-state index is -1.66. The fourth-order valence-corrected chi connectivity index (χ4v) is 5.77. The second-order valence-electron chi connectivity index (χ2n) is 10.6. The van der Waals surface area contributed by atoms with Gasteiger partial charge in [-0.2, -0.15) is 0 Å². The Bertz CT molecular complexity index is 1270. The van der Waals surface area contributed by atoms with Crippen LogP contribution in [0.15, 0.2) is 30.3 Å². The maximum Gasteiger partial charge on any atom is 0.229 e. The topological polar surface area (TPSA) is 195 Å². The van der Waals surface area contributed by atoms with Crippen LogP contribution in [0.5, 0.6) is 28.7 Å². The van der Waals surface area contributed by atoms with Gasteiger partial charge < -0.3 is 68.5 Å². The molecule has 0 saturated carbocycles. The van der Waals surface area contributed by atoms with Crippen molar-refractivity contribution in [1.29, 1.82) is 0 Å². The third-order valence-electron chi connectivity index (χ3n) is 8.07. The van der Waals surface area contributed by atoms with E-state index >= 15 is 0 Å². The van der Waals surface area contributed by atoms with Gasteiger partial charge in [0.15, 0.2) is 23.9 Å². The molecule has 0 radical (unpaired) electrons. The molecule has 11 atom stereocenters. The minimum absolute atomic E-state index is 0.0868. The summed E-state index contributed by atoms with van der Waals surface area (Å²) in [5, 5.41) is 61.1. The van der Waals surface area contributed by atoms with Crippen molar-refractivity contribution in [3.05, 3.63) is 41.5 Å². The molecule has 2 aromatic rings. The standard InChI is InChI=1S/C28H34O14/c1-35-16-6-5-12-14-9-37-17-7-11(3-4-13(17)23(14)41-24(12)25(16)36-2)39-28-26(21(33)20(32)18(8-29)40-28)42-27-22(34)19(31)15(30)10-38-27/h3-7,14-15,18-23,26-34H,8-10H2,1-2H3. The van der Waals surface area contributed by atoms with Crippen LogP contribution in [0, 0.1) is 0 Å². The van der Waals surface area contributed by atoms with Crippen molar-refractivity contribution in [2.45, 2.75) is 67.3 Å². The molecule has 4 aliphatic heterocycles. The summed E-state index contributed by atoms with van der Waals surface area (Å²) in [5.41, 5.74) is 1.70. The van der Waals surface area contributed by atoms with Crippen LogP contribution in [0.3, 0.4) is 0 Å². The SMILES string of the molecule is COc1ccc2c(c1OC)OC1c3ccc(OC4OC(CO)C(O)C(O)C4OC4OCC(O)C(O)C4O)cc3OCC21. The molecule has 14 heteroatoms. The summed E-state index contributed by atoms with van der Waals surface area (Å²) < 4.78 is 46.1. The normalized spacial score (nSPS) is 37.0. The minimum Gasteiger partial charge on any atom is -0.493 e. The van der Waals surface area contributed by atoms with E-state index < -0.39 is 61.9 Å². The lowest BCUT2D eigenvalue weighted by Gasteiger charge is -2.44. The maximum absolute atomic E-state index is 10.8. The molecule has 4 aliphatic rings. The molecule has 6 N–H and O–H groups in total. The van der Waals surface area contributed by atoms with E-state index in [0.29, 0.717) is 29.6 Å². The molecule has 0 aliphatic carbocycles. The van der Waals surface area contributed by atoms with Crippen LogP contribution in [0.1, 0.15) is 23.1 Å². The van der Waals surface area contributed by atoms with Crippen LogP contribution in [-0.4, -0.2) is 120 Å². The number of hydrogen-bond acceptors (Lipinski definition) is 14. The smallest absolute Gasteiger partial charge is 0.229 e. The highest BCUT2D eigenvalue weighted by molar-refractivity contribution is 5.61. The van der Waals surface area contributed by atoms with E-state index in [1.54, 1.807) is 32.4 Å². The van der Waals surface area contributed by atoms with E-state index in [1.807, 2.05) is 12.1 Å². The van der Waals surface area contributed by atoms with Crippen molar-refractivity contribution in [2.75, 3.05) is 34.0 Å². The van der Waals surface area contributed by atoms with E-state index in [4.69, 9.17) is 37.9 Å². The predicted molar refractivity (Wildman–Crippen MR) is 139 cm³/mol. The van der Waals surface area contributed by atoms with Crippen LogP contribution in [0.4, 0.5) is 0 Å². The molecule has 11 unspecified atom stereocenters. The summed E-state index contributed by atoms with van der Waals surface area (Å²) in [6, 6.07) is 8.79. The second-order valence-corrected chi connectivity index (χ2v) is 10.6. The van der Waals surface area contributed by atoms with Crippen molar-refractivity contribution in [3.63, 3.8) is 0 Å². The molecule has 0 spiro atoms. The van der Waals surface area contributed by atoms with Crippen molar-refractivity contribution < 1.29 is 68.5 Å². The van der Waals surface area contributed by atoms with Gasteiger partial charge in [0, 0.05) is 17.2 Å². The van der Waals surface area contributed by atoms with E-state index in [9.17, 15) is 30.6 Å². The van der Waals surface area contributed by atoms with Gasteiger partial charge in [0.1, 0.15) is 54.2 Å². The van der Waals surface area contributed by atoms with E-state index in [1.165, 1.54) is 0 Å². The fraction of sp³-hybridized carbons (Fsp3) is 0.571. The summed E-state index contributed by atoms with van der Waals surface area (Å²) in [7, 11) is 3.10. The zero-order valence-electron chi connectivity index (χ0n) is 22.8. The number of aliphatic hydroxyl groups excluding tert-OH is 6. The van der Waals surface area contributed by atoms with Gasteiger partial charge in [-0.05, 0) is 18.2 Å². The molecule has 0 bridgehead atoms. The Balaban J connectivity index is 1.23. The Morgan fingerprint density at radius 1 is 0.857 bits per heavy atom. The lowest BCUT2D eigenvalue weighted by molar-refractivity contribution is -0.344. The Morgan fingerprint density at radius 3 is 2.38 bits per heavy atom. The highest BCUT2D eigenvalue weighted by Crippen LogP contribution is 2.56. The molecule has 4 heterocycles. The number of aliphatic hydroxyl groups is 6. The Kier molecular flexibility index (Phi) is 8.08. The van der Waals surface area contributed by atoms with Crippen LogP contribution < -0.4 is 23.7 Å². The van der Waals surface area contributed by atoms with Gasteiger partial charge in [0.2, 0.25) is 12.0 Å². The molecule has 42 heavy (non-hydrogen) atoms. The average Bonchev–Trinajstić information content (AvgIpc) is 3.39. The lowest BCUT2D eigenvalue weighted by Crippen LogP contribution is -2.63. The van der Waals surface area contributed by atoms with E-state index in [-0.39, 0.29) is 24.4 Å². The highest BCUT2D eigenvalue weighted by Gasteiger charge is 2.50. The van der Waals surface area contributed by atoms with Gasteiger partial charge in [0.05, 0.1) is 40.0 Å². The van der Waals surface area contributed by atoms with Crippen LogP contribution in [0.2, 0.25) is 0 Å². The summed E-state index contributed by atoms with van der Waals surface area (Å²) >= 11 is 0. The average molecular weight is 595 g/mol. The Hall–Kier alpha value is -2.92. The van der Waals surface area contributed by atoms with Crippen molar-refractivity contribution in [3.8, 4) is 28.7 Å². The molecule has 2 fully saturated rings. The zero-order chi connectivity index (χ0) is 29.7. The predicted octanol–water partition coefficient (Wildman–Crippen LogP) is -1.04. The van der Waals surface area contributed by atoms with Gasteiger partial charge in [-0.25, -0.2) is 0 Å². The largest absolute Gasteiger partial charge is 0.493 e. The first-order valence-corrected chi connectivity index (χ1v) is 13.5. The lowest BCUT2D eigenvalue weighted by atomic mass is 9.89. The van der Waals surface area contributed by atoms with Crippen LogP contribution >= 0.6 is 0 Å². The molecule has 230 valence electrons. The van der Waals surface area contributed by atoms with Gasteiger partial charge in [-0.3, -0.25) is 0 Å². The first kappa shape index (κ1) is 29.2. The maximum atomic E-state index is 10.8. The number of hydrogen-bond donors (Lipinski definition) is 6. The first-order valence-electron chi connectivity index (χ1n) is 13.5. The molecule has 14 nitrogen and oxygen atoms in total. The third-order valence-corrected chi connectivity index (χ3v) is 8.07. The number of rotatable bonds is 7. The monoisotopic (exact) mass is 594 g/mol. The van der Waals surface area contributed by atoms with Crippen molar-refractivity contribution >= 4 is 0 Å². The summed E-state index contributed by atoms with van der Waals surface area (Å²) in [6.45, 7) is -0.645. The molecule has 2 saturated heterocycles. The van der Waals surface area contributed by atoms with E-state index in [2.05, 4.69) is 0 Å². The Morgan fingerprint density at radius 2 is 1.64 bits per heavy atom. The van der Waals surface area contributed by atoms with Gasteiger partial charge in [-0.15, -0.1) is 0 Å². The molecular formula is C28H34O14. The van der Waals surface area contributed by atoms with Crippen LogP contribution in [-0.2, 0) is 14.2 Å². The highest BCUT2D eigenvalue weighted by atomic mass is 16.8. The number of benzene rings is 2. The molecule has 2 aromatic carbocycles. The summed E-state index contributed by atoms with van der Waals surface area (Å²) in [4.78, 5) is 0. The van der Waals surface area contributed by atoms with Gasteiger partial charge in [-0.1, -0.05) is 6.07 Å². The molecule has 0 aromatic heterocycles. The quantitative estimate of drug-likeness (QED) is 0.227. The fourth-order valence-electron chi connectivity index (χ4n) is 5.77. The number of ether oxygens (including phenoxy) is 8. The zero-order valence-corrected chi connectivity index (χ0v) is 22.8. The van der Waals surface area contributed by atoms with Gasteiger partial charge >= 0.3 is 0 Å². The molecule has 0 amide bonds. The summed E-state index contributed by atoms with van der Waals surface area (Å²) in [6.07, 6.45) is -13.6. The van der Waals surface area contributed by atoms with Crippen molar-refractivity contribution in [1.82, 2.24) is 0 Å². The van der Waals surface area contributed by atoms with Crippen molar-refractivity contribution in [2.24, 2.45) is 0 Å². The first-order chi connectivity index (χ1) is 20.2. The Labute approximate surface area is 240 Å².